The third-order valence-electron chi connectivity index (χ3n) is 2.45. The molecule has 0 saturated carbocycles. The number of nitrogens with one attached hydrogen (secondary N) is 1. The quantitative estimate of drug-likeness (QED) is 0.786. The van der Waals surface area contributed by atoms with Crippen LogP contribution in [0.4, 0.5) is 13.2 Å². The Hall–Kier alpha value is -2.16. The molecule has 19 heavy (non-hydrogen) atoms. The summed E-state index contributed by atoms with van der Waals surface area (Å²) >= 11 is 0.582. The second-order valence-electron chi connectivity index (χ2n) is 3.65. The van der Waals surface area contributed by atoms with Gasteiger partial charge in [-0.1, -0.05) is 11.3 Å². The maximum absolute atomic E-state index is 13.2. The van der Waals surface area contributed by atoms with E-state index in [9.17, 15) is 18.0 Å². The van der Waals surface area contributed by atoms with Crippen molar-refractivity contribution < 1.29 is 13.2 Å². The first-order chi connectivity index (χ1) is 9.06. The van der Waals surface area contributed by atoms with Gasteiger partial charge in [0, 0.05) is 6.07 Å². The second kappa shape index (κ2) is 4.19. The molecule has 0 unspecified atom stereocenters. The van der Waals surface area contributed by atoms with Crippen molar-refractivity contribution in [2.24, 2.45) is 0 Å². The van der Waals surface area contributed by atoms with Crippen LogP contribution in [-0.4, -0.2) is 19.7 Å². The topological polar surface area (TPSA) is 63.6 Å². The molecule has 5 nitrogen and oxygen atoms in total. The minimum Gasteiger partial charge on any atom is -0.305 e. The summed E-state index contributed by atoms with van der Waals surface area (Å²) in [4.78, 5) is 14.2. The molecular weight excluding hydrogens is 281 g/mol. The lowest BCUT2D eigenvalue weighted by Crippen LogP contribution is -2.14. The van der Waals surface area contributed by atoms with E-state index in [0.29, 0.717) is 16.9 Å². The third kappa shape index (κ3) is 1.91. The summed E-state index contributed by atoms with van der Waals surface area (Å²) in [6.45, 7) is 0. The first kappa shape index (κ1) is 11.9. The summed E-state index contributed by atoms with van der Waals surface area (Å²) in [5, 5.41) is 6.30. The van der Waals surface area contributed by atoms with Crippen LogP contribution in [0.3, 0.4) is 0 Å². The summed E-state index contributed by atoms with van der Waals surface area (Å²) in [5.74, 6) is -0.543. The molecule has 0 fully saturated rings. The van der Waals surface area contributed by atoms with E-state index in [1.165, 1.54) is 12.1 Å². The van der Waals surface area contributed by atoms with E-state index < -0.39 is 22.9 Å². The molecule has 3 aromatic rings. The summed E-state index contributed by atoms with van der Waals surface area (Å²) in [6.07, 6.45) is -2.76. The maximum atomic E-state index is 13.2. The van der Waals surface area contributed by atoms with Crippen LogP contribution in [0.15, 0.2) is 23.0 Å². The Labute approximate surface area is 107 Å². The van der Waals surface area contributed by atoms with Gasteiger partial charge in [0.05, 0.1) is 11.0 Å². The molecule has 0 spiro atoms. The predicted octanol–water partition coefficient (Wildman–Crippen LogP) is 2.25. The van der Waals surface area contributed by atoms with Crippen molar-refractivity contribution in [2.45, 2.75) is 6.43 Å². The standard InChI is InChI=1S/C10H5F3N4OS/c11-4-1-2-5-6(3-4)17(9(18)14-5)10-16-15-8(19-10)7(12)13/h1-3,7H,(H,14,18). The number of H-pyrrole nitrogens is 1. The number of benzene rings is 1. The van der Waals surface area contributed by atoms with Crippen LogP contribution in [0.1, 0.15) is 11.4 Å². The summed E-state index contributed by atoms with van der Waals surface area (Å²) < 4.78 is 39.1. The summed E-state index contributed by atoms with van der Waals surface area (Å²) in [7, 11) is 0. The number of alkyl halides is 2. The van der Waals surface area contributed by atoms with Crippen LogP contribution in [0, 0.1) is 5.82 Å². The molecule has 0 radical (unpaired) electrons. The van der Waals surface area contributed by atoms with Gasteiger partial charge in [0.1, 0.15) is 5.82 Å². The van der Waals surface area contributed by atoms with Crippen LogP contribution in [0.2, 0.25) is 0 Å². The maximum Gasteiger partial charge on any atom is 0.332 e. The van der Waals surface area contributed by atoms with Crippen molar-refractivity contribution in [1.29, 1.82) is 0 Å². The molecule has 2 heterocycles. The van der Waals surface area contributed by atoms with Gasteiger partial charge in [-0.3, -0.25) is 0 Å². The highest BCUT2D eigenvalue weighted by atomic mass is 32.1. The van der Waals surface area contributed by atoms with Crippen molar-refractivity contribution in [1.82, 2.24) is 19.7 Å². The molecule has 3 rings (SSSR count). The van der Waals surface area contributed by atoms with Crippen molar-refractivity contribution in [3.05, 3.63) is 39.5 Å². The van der Waals surface area contributed by atoms with Gasteiger partial charge in [-0.05, 0) is 12.1 Å². The zero-order valence-electron chi connectivity index (χ0n) is 9.10. The van der Waals surface area contributed by atoms with E-state index in [-0.39, 0.29) is 10.6 Å². The number of halogens is 3. The van der Waals surface area contributed by atoms with E-state index in [1.807, 2.05) is 0 Å². The lowest BCUT2D eigenvalue weighted by Gasteiger charge is -1.96. The summed E-state index contributed by atoms with van der Waals surface area (Å²) in [6, 6.07) is 3.70. The SMILES string of the molecule is O=c1[nH]c2ccc(F)cc2n1-c1nnc(C(F)F)s1. The average Bonchev–Trinajstić information content (AvgIpc) is 2.92. The Bertz CT molecular complexity index is 807. The van der Waals surface area contributed by atoms with Crippen LogP contribution in [-0.2, 0) is 0 Å². The molecular formula is C10H5F3N4OS. The van der Waals surface area contributed by atoms with Gasteiger partial charge in [-0.2, -0.15) is 0 Å². The van der Waals surface area contributed by atoms with Gasteiger partial charge in [0.2, 0.25) is 5.13 Å². The Kier molecular flexibility index (Phi) is 2.63. The molecule has 1 aromatic carbocycles. The van der Waals surface area contributed by atoms with Crippen LogP contribution in [0.5, 0.6) is 0 Å². The molecule has 0 aliphatic heterocycles. The van der Waals surface area contributed by atoms with Crippen LogP contribution in [0.25, 0.3) is 16.2 Å². The first-order valence-electron chi connectivity index (χ1n) is 5.08. The van der Waals surface area contributed by atoms with E-state index in [2.05, 4.69) is 15.2 Å². The van der Waals surface area contributed by atoms with E-state index in [0.717, 1.165) is 10.6 Å². The largest absolute Gasteiger partial charge is 0.332 e. The van der Waals surface area contributed by atoms with Gasteiger partial charge in [0.15, 0.2) is 5.01 Å². The van der Waals surface area contributed by atoms with Gasteiger partial charge in [-0.25, -0.2) is 22.5 Å². The van der Waals surface area contributed by atoms with Crippen LogP contribution < -0.4 is 5.69 Å². The third-order valence-corrected chi connectivity index (χ3v) is 3.37. The van der Waals surface area contributed by atoms with Crippen molar-refractivity contribution in [2.75, 3.05) is 0 Å². The number of aromatic amines is 1. The Balaban J connectivity index is 2.26. The van der Waals surface area contributed by atoms with Crippen LogP contribution >= 0.6 is 11.3 Å². The molecule has 0 saturated heterocycles. The fourth-order valence-electron chi connectivity index (χ4n) is 1.67. The molecule has 0 aliphatic carbocycles. The minimum absolute atomic E-state index is 0.0304. The first-order valence-corrected chi connectivity index (χ1v) is 5.90. The Morgan fingerprint density at radius 1 is 1.32 bits per heavy atom. The zero-order valence-corrected chi connectivity index (χ0v) is 9.92. The average molecular weight is 286 g/mol. The number of fused-ring (bicyclic) bond motifs is 1. The molecule has 2 aromatic heterocycles. The Morgan fingerprint density at radius 2 is 2.11 bits per heavy atom. The summed E-state index contributed by atoms with van der Waals surface area (Å²) in [5.41, 5.74) is 0.0275. The molecule has 9 heteroatoms. The molecule has 0 atom stereocenters. The predicted molar refractivity (Wildman–Crippen MR) is 62.3 cm³/mol. The Morgan fingerprint density at radius 3 is 2.79 bits per heavy atom. The number of aromatic nitrogens is 4. The molecule has 0 bridgehead atoms. The van der Waals surface area contributed by atoms with E-state index in [1.54, 1.807) is 0 Å². The lowest BCUT2D eigenvalue weighted by atomic mass is 10.3. The van der Waals surface area contributed by atoms with Gasteiger partial charge < -0.3 is 4.98 Å². The number of hydrogen-bond donors (Lipinski definition) is 1. The fraction of sp³-hybridized carbons (Fsp3) is 0.100. The molecule has 98 valence electrons. The lowest BCUT2D eigenvalue weighted by molar-refractivity contribution is 0.150. The minimum atomic E-state index is -2.76. The van der Waals surface area contributed by atoms with Crippen molar-refractivity contribution in [3.8, 4) is 5.13 Å². The second-order valence-corrected chi connectivity index (χ2v) is 4.64. The van der Waals surface area contributed by atoms with E-state index in [4.69, 9.17) is 0 Å². The highest BCUT2D eigenvalue weighted by Gasteiger charge is 2.18. The molecule has 0 amide bonds. The number of rotatable bonds is 2. The van der Waals surface area contributed by atoms with Gasteiger partial charge in [-0.15, -0.1) is 10.2 Å². The molecule has 1 N–H and O–H groups in total. The smallest absolute Gasteiger partial charge is 0.305 e. The number of hydrogen-bond acceptors (Lipinski definition) is 4. The normalized spacial score (nSPS) is 11.6. The monoisotopic (exact) mass is 286 g/mol. The van der Waals surface area contributed by atoms with Gasteiger partial charge >= 0.3 is 5.69 Å². The number of imidazole rings is 1. The number of nitrogens with zero attached hydrogens (tertiary/aromatic N) is 3. The highest BCUT2D eigenvalue weighted by Crippen LogP contribution is 2.25. The molecule has 0 aliphatic rings. The van der Waals surface area contributed by atoms with Crippen molar-refractivity contribution >= 4 is 22.4 Å². The van der Waals surface area contributed by atoms with E-state index >= 15 is 0 Å². The highest BCUT2D eigenvalue weighted by molar-refractivity contribution is 7.13. The zero-order chi connectivity index (χ0) is 13.6. The van der Waals surface area contributed by atoms with Crippen molar-refractivity contribution in [3.63, 3.8) is 0 Å². The fourth-order valence-corrected chi connectivity index (χ4v) is 2.38. The van der Waals surface area contributed by atoms with Gasteiger partial charge in [0.25, 0.3) is 6.43 Å².